The lowest BCUT2D eigenvalue weighted by Gasteiger charge is -2.22. The van der Waals surface area contributed by atoms with E-state index in [1.807, 2.05) is 0 Å². The molecule has 1 N–H and O–H groups in total. The summed E-state index contributed by atoms with van der Waals surface area (Å²) in [5, 5.41) is 9.10. The van der Waals surface area contributed by atoms with Crippen LogP contribution >= 0.6 is 15.9 Å². The standard InChI is InChI=1S/C12H13BrFNO5S/c1-20-10-5-7(13)8(14)6-11(10)21(18,19)15-4-2-3-9(15)12(16)17/h5-6,9H,2-4H2,1H3,(H,16,17)/t9-/m0/s1. The van der Waals surface area contributed by atoms with E-state index >= 15 is 0 Å². The highest BCUT2D eigenvalue weighted by Gasteiger charge is 2.41. The third kappa shape index (κ3) is 2.90. The number of carboxylic acid groups (broad SMARTS) is 1. The molecule has 0 aromatic heterocycles. The summed E-state index contributed by atoms with van der Waals surface area (Å²) < 4.78 is 44.8. The minimum Gasteiger partial charge on any atom is -0.495 e. The summed E-state index contributed by atoms with van der Waals surface area (Å²) in [6.45, 7) is 0.0835. The lowest BCUT2D eigenvalue weighted by Crippen LogP contribution is -2.40. The van der Waals surface area contributed by atoms with E-state index < -0.39 is 27.9 Å². The summed E-state index contributed by atoms with van der Waals surface area (Å²) in [6.07, 6.45) is 0.674. The molecule has 1 aliphatic rings. The van der Waals surface area contributed by atoms with Gasteiger partial charge in [0.1, 0.15) is 22.5 Å². The molecule has 1 aliphatic heterocycles. The van der Waals surface area contributed by atoms with Crippen LogP contribution in [-0.2, 0) is 14.8 Å². The summed E-state index contributed by atoms with van der Waals surface area (Å²) in [7, 11) is -2.89. The van der Waals surface area contributed by atoms with Gasteiger partial charge >= 0.3 is 5.97 Å². The van der Waals surface area contributed by atoms with Crippen LogP contribution in [0.2, 0.25) is 0 Å². The number of halogens is 2. The van der Waals surface area contributed by atoms with Crippen molar-refractivity contribution in [1.29, 1.82) is 0 Å². The van der Waals surface area contributed by atoms with Crippen LogP contribution in [0.4, 0.5) is 4.39 Å². The molecule has 1 saturated heterocycles. The van der Waals surface area contributed by atoms with Gasteiger partial charge in [-0.05, 0) is 40.9 Å². The van der Waals surface area contributed by atoms with Crippen molar-refractivity contribution < 1.29 is 27.4 Å². The average Bonchev–Trinajstić information content (AvgIpc) is 2.91. The smallest absolute Gasteiger partial charge is 0.322 e. The number of aliphatic carboxylic acids is 1. The van der Waals surface area contributed by atoms with Crippen molar-refractivity contribution in [2.75, 3.05) is 13.7 Å². The minimum atomic E-state index is -4.15. The van der Waals surface area contributed by atoms with Crippen LogP contribution in [0, 0.1) is 5.82 Å². The first kappa shape index (κ1) is 16.2. The van der Waals surface area contributed by atoms with Crippen molar-refractivity contribution in [1.82, 2.24) is 4.31 Å². The summed E-state index contributed by atoms with van der Waals surface area (Å²) >= 11 is 2.95. The fraction of sp³-hybridized carbons (Fsp3) is 0.417. The Hall–Kier alpha value is -1.19. The maximum absolute atomic E-state index is 13.7. The van der Waals surface area contributed by atoms with E-state index in [4.69, 9.17) is 9.84 Å². The Morgan fingerprint density at radius 2 is 2.19 bits per heavy atom. The molecule has 9 heteroatoms. The highest BCUT2D eigenvalue weighted by molar-refractivity contribution is 9.10. The third-order valence-electron chi connectivity index (χ3n) is 3.28. The number of ether oxygens (including phenoxy) is 1. The largest absolute Gasteiger partial charge is 0.495 e. The molecule has 0 spiro atoms. The molecule has 1 aromatic rings. The zero-order valence-corrected chi connectivity index (χ0v) is 13.4. The molecule has 2 rings (SSSR count). The van der Waals surface area contributed by atoms with E-state index in [-0.39, 0.29) is 28.1 Å². The number of carbonyl (C=O) groups is 1. The Kier molecular flexibility index (Phi) is 4.54. The molecule has 1 heterocycles. The van der Waals surface area contributed by atoms with Gasteiger partial charge in [-0.25, -0.2) is 12.8 Å². The van der Waals surface area contributed by atoms with E-state index in [9.17, 15) is 17.6 Å². The zero-order valence-electron chi connectivity index (χ0n) is 11.0. The molecule has 1 aromatic carbocycles. The molecule has 0 amide bonds. The van der Waals surface area contributed by atoms with Crippen LogP contribution in [0.25, 0.3) is 0 Å². The first-order valence-electron chi connectivity index (χ1n) is 6.06. The van der Waals surface area contributed by atoms with Gasteiger partial charge < -0.3 is 9.84 Å². The summed E-state index contributed by atoms with van der Waals surface area (Å²) in [5.74, 6) is -2.02. The number of hydrogen-bond acceptors (Lipinski definition) is 4. The van der Waals surface area contributed by atoms with Gasteiger partial charge in [0.25, 0.3) is 0 Å². The summed E-state index contributed by atoms with van der Waals surface area (Å²) in [5.41, 5.74) is 0. The Bertz CT molecular complexity index is 678. The van der Waals surface area contributed by atoms with Crippen LogP contribution in [0.1, 0.15) is 12.8 Å². The lowest BCUT2D eigenvalue weighted by atomic mass is 10.2. The second-order valence-corrected chi connectivity index (χ2v) is 7.24. The Balaban J connectivity index is 2.54. The van der Waals surface area contributed by atoms with Gasteiger partial charge in [0.05, 0.1) is 11.6 Å². The van der Waals surface area contributed by atoms with Gasteiger partial charge in [-0.1, -0.05) is 0 Å². The number of methoxy groups -OCH3 is 1. The molecular formula is C12H13BrFNO5S. The lowest BCUT2D eigenvalue weighted by molar-refractivity contribution is -0.140. The quantitative estimate of drug-likeness (QED) is 0.859. The third-order valence-corrected chi connectivity index (χ3v) is 5.82. The maximum Gasteiger partial charge on any atom is 0.322 e. The van der Waals surface area contributed by atoms with Crippen LogP contribution in [0.15, 0.2) is 21.5 Å². The van der Waals surface area contributed by atoms with Gasteiger partial charge in [-0.15, -0.1) is 0 Å². The van der Waals surface area contributed by atoms with E-state index in [0.717, 1.165) is 10.4 Å². The molecule has 1 fully saturated rings. The molecule has 1 atom stereocenters. The number of benzene rings is 1. The molecule has 116 valence electrons. The van der Waals surface area contributed by atoms with Crippen LogP contribution in [0.3, 0.4) is 0 Å². The Labute approximate surface area is 129 Å². The molecule has 21 heavy (non-hydrogen) atoms. The topological polar surface area (TPSA) is 83.9 Å². The number of carboxylic acids is 1. The minimum absolute atomic E-state index is 0.0423. The first-order chi connectivity index (χ1) is 9.78. The highest BCUT2D eigenvalue weighted by Crippen LogP contribution is 2.34. The van der Waals surface area contributed by atoms with Crippen molar-refractivity contribution >= 4 is 31.9 Å². The van der Waals surface area contributed by atoms with E-state index in [2.05, 4.69) is 15.9 Å². The summed E-state index contributed by atoms with van der Waals surface area (Å²) in [6, 6.07) is 0.898. The van der Waals surface area contributed by atoms with E-state index in [1.165, 1.54) is 13.2 Å². The number of sulfonamides is 1. The molecule has 0 saturated carbocycles. The monoisotopic (exact) mass is 381 g/mol. The fourth-order valence-corrected chi connectivity index (χ4v) is 4.40. The van der Waals surface area contributed by atoms with Gasteiger partial charge in [0, 0.05) is 6.54 Å². The van der Waals surface area contributed by atoms with E-state index in [0.29, 0.717) is 6.42 Å². The molecular weight excluding hydrogens is 369 g/mol. The van der Waals surface area contributed by atoms with Crippen molar-refractivity contribution in [3.63, 3.8) is 0 Å². The molecule has 0 radical (unpaired) electrons. The van der Waals surface area contributed by atoms with Gasteiger partial charge in [0.2, 0.25) is 10.0 Å². The van der Waals surface area contributed by atoms with Crippen molar-refractivity contribution in [3.8, 4) is 5.75 Å². The first-order valence-corrected chi connectivity index (χ1v) is 8.30. The second-order valence-electron chi connectivity index (χ2n) is 4.53. The van der Waals surface area contributed by atoms with Gasteiger partial charge in [0.15, 0.2) is 0 Å². The van der Waals surface area contributed by atoms with Gasteiger partial charge in [-0.2, -0.15) is 4.31 Å². The van der Waals surface area contributed by atoms with Crippen LogP contribution in [-0.4, -0.2) is 43.5 Å². The normalized spacial score (nSPS) is 19.7. The number of rotatable bonds is 4. The second kappa shape index (κ2) is 5.90. The van der Waals surface area contributed by atoms with Crippen molar-refractivity contribution in [3.05, 3.63) is 22.4 Å². The average molecular weight is 382 g/mol. The van der Waals surface area contributed by atoms with E-state index in [1.54, 1.807) is 0 Å². The molecule has 0 bridgehead atoms. The maximum atomic E-state index is 13.7. The predicted octanol–water partition coefficient (Wildman–Crippen LogP) is 1.83. The highest BCUT2D eigenvalue weighted by atomic mass is 79.9. The van der Waals surface area contributed by atoms with Crippen molar-refractivity contribution in [2.45, 2.75) is 23.8 Å². The van der Waals surface area contributed by atoms with Gasteiger partial charge in [-0.3, -0.25) is 4.79 Å². The Morgan fingerprint density at radius 1 is 1.52 bits per heavy atom. The Morgan fingerprint density at radius 3 is 2.76 bits per heavy atom. The number of hydrogen-bond donors (Lipinski definition) is 1. The van der Waals surface area contributed by atoms with Crippen molar-refractivity contribution in [2.24, 2.45) is 0 Å². The molecule has 6 nitrogen and oxygen atoms in total. The predicted molar refractivity (Wildman–Crippen MR) is 75.2 cm³/mol. The SMILES string of the molecule is COc1cc(Br)c(F)cc1S(=O)(=O)N1CCC[C@H]1C(=O)O. The molecule has 0 unspecified atom stereocenters. The van der Waals surface area contributed by atoms with Crippen LogP contribution < -0.4 is 4.74 Å². The molecule has 0 aliphatic carbocycles. The summed E-state index contributed by atoms with van der Waals surface area (Å²) in [4.78, 5) is 10.8. The zero-order chi connectivity index (χ0) is 15.8. The number of nitrogens with zero attached hydrogens (tertiary/aromatic N) is 1. The van der Waals surface area contributed by atoms with Crippen LogP contribution in [0.5, 0.6) is 5.75 Å². The fourth-order valence-electron chi connectivity index (χ4n) is 2.27.